The average molecular weight is 216 g/mol. The van der Waals surface area contributed by atoms with Gasteiger partial charge in [-0.2, -0.15) is 0 Å². The molecular weight excluding hydrogens is 196 g/mol. The fraction of sp³-hybridized carbons (Fsp3) is 0.800. The molecule has 0 bridgehead atoms. The van der Waals surface area contributed by atoms with Gasteiger partial charge in [0.1, 0.15) is 6.54 Å². The van der Waals surface area contributed by atoms with Crippen LogP contribution >= 0.6 is 0 Å². The zero-order chi connectivity index (χ0) is 11.8. The highest BCUT2D eigenvalue weighted by molar-refractivity contribution is 5.81. The van der Waals surface area contributed by atoms with Crippen molar-refractivity contribution in [1.29, 1.82) is 0 Å². The Hall–Kier alpha value is -1.10. The van der Waals surface area contributed by atoms with E-state index in [1.807, 2.05) is 13.8 Å². The summed E-state index contributed by atoms with van der Waals surface area (Å²) < 4.78 is 0. The lowest BCUT2D eigenvalue weighted by Crippen LogP contribution is -2.39. The highest BCUT2D eigenvalue weighted by atomic mass is 16.4. The first-order valence-corrected chi connectivity index (χ1v) is 5.26. The summed E-state index contributed by atoms with van der Waals surface area (Å²) in [5, 5.41) is 8.63. The summed E-state index contributed by atoms with van der Waals surface area (Å²) in [5.41, 5.74) is 5.64. The van der Waals surface area contributed by atoms with Crippen LogP contribution in [-0.4, -0.2) is 41.0 Å². The van der Waals surface area contributed by atoms with E-state index in [1.165, 1.54) is 4.90 Å². The van der Waals surface area contributed by atoms with Crippen LogP contribution < -0.4 is 5.73 Å². The number of carbonyl (C=O) groups is 2. The van der Waals surface area contributed by atoms with Crippen molar-refractivity contribution in [1.82, 2.24) is 4.90 Å². The van der Waals surface area contributed by atoms with Crippen LogP contribution in [0.3, 0.4) is 0 Å². The molecule has 0 saturated heterocycles. The van der Waals surface area contributed by atoms with E-state index < -0.39 is 5.97 Å². The molecule has 0 aliphatic heterocycles. The van der Waals surface area contributed by atoms with Gasteiger partial charge in [-0.3, -0.25) is 9.59 Å². The fourth-order valence-corrected chi connectivity index (χ4v) is 1.22. The Morgan fingerprint density at radius 2 is 2.00 bits per heavy atom. The van der Waals surface area contributed by atoms with E-state index in [0.29, 0.717) is 6.54 Å². The smallest absolute Gasteiger partial charge is 0.323 e. The van der Waals surface area contributed by atoms with Gasteiger partial charge in [-0.25, -0.2) is 0 Å². The summed E-state index contributed by atoms with van der Waals surface area (Å²) in [6.07, 6.45) is 1.70. The van der Waals surface area contributed by atoms with Crippen LogP contribution in [0.5, 0.6) is 0 Å². The van der Waals surface area contributed by atoms with E-state index in [0.717, 1.165) is 12.8 Å². The van der Waals surface area contributed by atoms with Crippen molar-refractivity contribution in [2.75, 3.05) is 13.1 Å². The Kier molecular flexibility index (Phi) is 6.70. The van der Waals surface area contributed by atoms with E-state index in [4.69, 9.17) is 10.8 Å². The van der Waals surface area contributed by atoms with Gasteiger partial charge in [0, 0.05) is 19.0 Å². The maximum atomic E-state index is 11.6. The van der Waals surface area contributed by atoms with E-state index in [9.17, 15) is 9.59 Å². The van der Waals surface area contributed by atoms with Gasteiger partial charge < -0.3 is 15.7 Å². The van der Waals surface area contributed by atoms with E-state index in [2.05, 4.69) is 0 Å². The molecule has 0 spiro atoms. The Labute approximate surface area is 90.2 Å². The molecule has 0 fully saturated rings. The molecule has 1 atom stereocenters. The number of aliphatic carboxylic acids is 1. The first kappa shape index (κ1) is 13.9. The largest absolute Gasteiger partial charge is 0.480 e. The molecule has 0 aromatic carbocycles. The van der Waals surface area contributed by atoms with Crippen LogP contribution in [0.4, 0.5) is 0 Å². The maximum Gasteiger partial charge on any atom is 0.323 e. The highest BCUT2D eigenvalue weighted by Gasteiger charge is 2.17. The topological polar surface area (TPSA) is 83.6 Å². The van der Waals surface area contributed by atoms with E-state index >= 15 is 0 Å². The summed E-state index contributed by atoms with van der Waals surface area (Å²) in [6, 6.07) is -0.175. The minimum absolute atomic E-state index is 0.173. The molecule has 0 heterocycles. The minimum atomic E-state index is -0.984. The molecule has 3 N–H and O–H groups in total. The maximum absolute atomic E-state index is 11.6. The predicted octanol–water partition coefficient (Wildman–Crippen LogP) is 0.437. The molecule has 0 rings (SSSR count). The third-order valence-corrected chi connectivity index (χ3v) is 2.13. The summed E-state index contributed by atoms with van der Waals surface area (Å²) in [5.74, 6) is -1.16. The van der Waals surface area contributed by atoms with E-state index in [-0.39, 0.29) is 24.9 Å². The first-order valence-electron chi connectivity index (χ1n) is 5.26. The molecule has 0 aromatic heterocycles. The van der Waals surface area contributed by atoms with Crippen molar-refractivity contribution in [3.05, 3.63) is 0 Å². The van der Waals surface area contributed by atoms with E-state index in [1.54, 1.807) is 0 Å². The van der Waals surface area contributed by atoms with Crippen LogP contribution in [0.2, 0.25) is 0 Å². The zero-order valence-electron chi connectivity index (χ0n) is 9.40. The molecule has 5 nitrogen and oxygen atoms in total. The Morgan fingerprint density at radius 3 is 2.40 bits per heavy atom. The van der Waals surface area contributed by atoms with Gasteiger partial charge >= 0.3 is 5.97 Å². The van der Waals surface area contributed by atoms with Gasteiger partial charge in [-0.15, -0.1) is 0 Å². The number of carboxylic acid groups (broad SMARTS) is 1. The lowest BCUT2D eigenvalue weighted by Gasteiger charge is -2.21. The number of hydrogen-bond donors (Lipinski definition) is 2. The lowest BCUT2D eigenvalue weighted by molar-refractivity contribution is -0.144. The second-order valence-electron chi connectivity index (χ2n) is 3.58. The summed E-state index contributed by atoms with van der Waals surface area (Å²) in [7, 11) is 0. The van der Waals surface area contributed by atoms with Crippen molar-refractivity contribution < 1.29 is 14.7 Å². The third kappa shape index (κ3) is 6.06. The molecule has 0 aliphatic rings. The van der Waals surface area contributed by atoms with Crippen molar-refractivity contribution in [3.63, 3.8) is 0 Å². The minimum Gasteiger partial charge on any atom is -0.480 e. The van der Waals surface area contributed by atoms with Crippen LogP contribution in [0, 0.1) is 0 Å². The average Bonchev–Trinajstić information content (AvgIpc) is 2.16. The Balaban J connectivity index is 4.21. The van der Waals surface area contributed by atoms with Crippen LogP contribution in [0.1, 0.15) is 33.1 Å². The second kappa shape index (κ2) is 7.23. The Morgan fingerprint density at radius 1 is 1.40 bits per heavy atom. The monoisotopic (exact) mass is 216 g/mol. The molecule has 15 heavy (non-hydrogen) atoms. The number of carbonyl (C=O) groups excluding carboxylic acids is 1. The number of carboxylic acids is 1. The van der Waals surface area contributed by atoms with Crippen molar-refractivity contribution >= 4 is 11.9 Å². The quantitative estimate of drug-likeness (QED) is 0.646. The van der Waals surface area contributed by atoms with Crippen molar-refractivity contribution in [2.45, 2.75) is 39.2 Å². The van der Waals surface area contributed by atoms with Gasteiger partial charge in [-0.1, -0.05) is 13.8 Å². The van der Waals surface area contributed by atoms with Crippen LogP contribution in [0.25, 0.3) is 0 Å². The van der Waals surface area contributed by atoms with Gasteiger partial charge in [0.15, 0.2) is 0 Å². The number of nitrogens with zero attached hydrogens (tertiary/aromatic N) is 1. The van der Waals surface area contributed by atoms with Crippen LogP contribution in [-0.2, 0) is 9.59 Å². The van der Waals surface area contributed by atoms with Gasteiger partial charge in [0.2, 0.25) is 5.91 Å². The first-order chi connectivity index (χ1) is 7.01. The third-order valence-electron chi connectivity index (χ3n) is 2.13. The molecular formula is C10H20N2O3. The van der Waals surface area contributed by atoms with Gasteiger partial charge in [0.05, 0.1) is 0 Å². The molecule has 1 amide bonds. The molecule has 88 valence electrons. The number of hydrogen-bond acceptors (Lipinski definition) is 3. The van der Waals surface area contributed by atoms with Crippen molar-refractivity contribution in [2.24, 2.45) is 5.73 Å². The zero-order valence-corrected chi connectivity index (χ0v) is 9.40. The number of amides is 1. The SMILES string of the molecule is CCCN(CC(=O)O)C(=O)CC(N)CC. The normalized spacial score (nSPS) is 12.2. The Bertz CT molecular complexity index is 219. The highest BCUT2D eigenvalue weighted by Crippen LogP contribution is 2.01. The molecule has 1 unspecified atom stereocenters. The van der Waals surface area contributed by atoms with Gasteiger partial charge in [0.25, 0.3) is 0 Å². The molecule has 0 aliphatic carbocycles. The lowest BCUT2D eigenvalue weighted by atomic mass is 10.1. The second-order valence-corrected chi connectivity index (χ2v) is 3.58. The predicted molar refractivity (Wildman–Crippen MR) is 57.4 cm³/mol. The molecule has 5 heteroatoms. The molecule has 0 radical (unpaired) electrons. The summed E-state index contributed by atoms with van der Waals surface area (Å²) >= 11 is 0. The standard InChI is InChI=1S/C10H20N2O3/c1-3-5-12(7-10(14)15)9(13)6-8(11)4-2/h8H,3-7,11H2,1-2H3,(H,14,15). The summed E-state index contributed by atoms with van der Waals surface area (Å²) in [6.45, 7) is 4.05. The van der Waals surface area contributed by atoms with Crippen molar-refractivity contribution in [3.8, 4) is 0 Å². The van der Waals surface area contributed by atoms with Gasteiger partial charge in [-0.05, 0) is 12.8 Å². The van der Waals surface area contributed by atoms with Crippen LogP contribution in [0.15, 0.2) is 0 Å². The molecule has 0 saturated carbocycles. The molecule has 0 aromatic rings. The number of nitrogens with two attached hydrogens (primary N) is 1. The fourth-order valence-electron chi connectivity index (χ4n) is 1.22. The summed E-state index contributed by atoms with van der Waals surface area (Å²) in [4.78, 5) is 23.5. The number of rotatable bonds is 7.